The van der Waals surface area contributed by atoms with Gasteiger partial charge in [0.25, 0.3) is 5.56 Å². The Morgan fingerprint density at radius 2 is 2.09 bits per heavy atom. The van der Waals surface area contributed by atoms with Gasteiger partial charge in [0.05, 0.1) is 11.6 Å². The molecular formula is C16H14BrN3OS. The normalized spacial score (nSPS) is 11.6. The minimum atomic E-state index is -0.115. The highest BCUT2D eigenvalue weighted by molar-refractivity contribution is 9.10. The van der Waals surface area contributed by atoms with Gasteiger partial charge in [-0.05, 0) is 44.0 Å². The molecule has 4 nitrogen and oxygen atoms in total. The molecule has 0 aliphatic carbocycles. The lowest BCUT2D eigenvalue weighted by molar-refractivity contribution is 0.772. The van der Waals surface area contributed by atoms with Crippen molar-refractivity contribution in [3.63, 3.8) is 0 Å². The van der Waals surface area contributed by atoms with Crippen LogP contribution in [0.4, 0.5) is 0 Å². The van der Waals surface area contributed by atoms with E-state index in [2.05, 4.69) is 26.0 Å². The van der Waals surface area contributed by atoms with E-state index in [0.29, 0.717) is 11.2 Å². The van der Waals surface area contributed by atoms with Crippen LogP contribution in [0.5, 0.6) is 0 Å². The Labute approximate surface area is 140 Å². The van der Waals surface area contributed by atoms with Gasteiger partial charge in [0, 0.05) is 9.35 Å². The minimum Gasteiger partial charge on any atom is -0.267 e. The van der Waals surface area contributed by atoms with Crippen LogP contribution in [0.2, 0.25) is 0 Å². The van der Waals surface area contributed by atoms with Gasteiger partial charge in [0.1, 0.15) is 10.7 Å². The number of aryl methyl sites for hydroxylation is 3. The maximum Gasteiger partial charge on any atom is 0.283 e. The fourth-order valence-electron chi connectivity index (χ4n) is 2.23. The van der Waals surface area contributed by atoms with E-state index in [-0.39, 0.29) is 5.56 Å². The van der Waals surface area contributed by atoms with E-state index in [0.717, 1.165) is 25.3 Å². The minimum absolute atomic E-state index is 0.115. The zero-order valence-corrected chi connectivity index (χ0v) is 14.8. The number of aromatic nitrogens is 2. The van der Waals surface area contributed by atoms with Crippen molar-refractivity contribution >= 4 is 43.7 Å². The average molecular weight is 376 g/mol. The third kappa shape index (κ3) is 2.64. The molecule has 2 heterocycles. The summed E-state index contributed by atoms with van der Waals surface area (Å²) in [5.74, 6) is 0.588. The summed E-state index contributed by atoms with van der Waals surface area (Å²) in [6.45, 7) is 5.75. The summed E-state index contributed by atoms with van der Waals surface area (Å²) in [5.41, 5.74) is 1.79. The van der Waals surface area contributed by atoms with E-state index in [9.17, 15) is 4.79 Å². The second-order valence-corrected chi connectivity index (χ2v) is 7.16. The molecule has 0 spiro atoms. The molecule has 0 N–H and O–H groups in total. The highest BCUT2D eigenvalue weighted by Gasteiger charge is 2.13. The SMILES string of the molecule is Cc1sc2nc(C)n(/N=C/c3cccc(Br)c3)c(=O)c2c1C. The van der Waals surface area contributed by atoms with E-state index in [4.69, 9.17) is 0 Å². The first-order valence-electron chi connectivity index (χ1n) is 6.76. The van der Waals surface area contributed by atoms with Crippen LogP contribution in [0.15, 0.2) is 38.6 Å². The smallest absolute Gasteiger partial charge is 0.267 e. The van der Waals surface area contributed by atoms with Crippen LogP contribution in [-0.4, -0.2) is 15.9 Å². The van der Waals surface area contributed by atoms with Gasteiger partial charge in [-0.25, -0.2) is 4.98 Å². The van der Waals surface area contributed by atoms with Gasteiger partial charge in [0.2, 0.25) is 0 Å². The lowest BCUT2D eigenvalue weighted by Gasteiger charge is -2.03. The predicted molar refractivity (Wildman–Crippen MR) is 95.2 cm³/mol. The largest absolute Gasteiger partial charge is 0.283 e. The number of benzene rings is 1. The van der Waals surface area contributed by atoms with E-state index in [1.54, 1.807) is 24.5 Å². The van der Waals surface area contributed by atoms with Gasteiger partial charge in [-0.3, -0.25) is 4.79 Å². The summed E-state index contributed by atoms with van der Waals surface area (Å²) in [6.07, 6.45) is 1.67. The zero-order chi connectivity index (χ0) is 15.9. The van der Waals surface area contributed by atoms with Crippen LogP contribution in [0.3, 0.4) is 0 Å². The van der Waals surface area contributed by atoms with Crippen molar-refractivity contribution < 1.29 is 0 Å². The monoisotopic (exact) mass is 375 g/mol. The molecule has 0 saturated heterocycles. The number of hydrogen-bond donors (Lipinski definition) is 0. The molecule has 0 radical (unpaired) electrons. The summed E-state index contributed by atoms with van der Waals surface area (Å²) in [4.78, 5) is 19.1. The summed E-state index contributed by atoms with van der Waals surface area (Å²) >= 11 is 4.97. The summed E-state index contributed by atoms with van der Waals surface area (Å²) < 4.78 is 2.33. The molecule has 0 saturated carbocycles. The van der Waals surface area contributed by atoms with Crippen LogP contribution >= 0.6 is 27.3 Å². The Bertz CT molecular complexity index is 956. The number of thiophene rings is 1. The molecule has 3 rings (SSSR count). The highest BCUT2D eigenvalue weighted by Crippen LogP contribution is 2.26. The number of nitrogens with zero attached hydrogens (tertiary/aromatic N) is 3. The van der Waals surface area contributed by atoms with Gasteiger partial charge in [-0.15, -0.1) is 11.3 Å². The first-order chi connectivity index (χ1) is 10.5. The Morgan fingerprint density at radius 3 is 2.82 bits per heavy atom. The maximum absolute atomic E-state index is 12.7. The summed E-state index contributed by atoms with van der Waals surface area (Å²) in [5, 5.41) is 4.98. The molecule has 0 fully saturated rings. The molecule has 3 aromatic rings. The molecule has 0 atom stereocenters. The summed E-state index contributed by atoms with van der Waals surface area (Å²) in [6, 6.07) is 7.74. The van der Waals surface area contributed by atoms with Gasteiger partial charge in [-0.1, -0.05) is 28.1 Å². The number of hydrogen-bond acceptors (Lipinski definition) is 4. The number of halogens is 1. The average Bonchev–Trinajstić information content (AvgIpc) is 2.73. The first-order valence-corrected chi connectivity index (χ1v) is 8.37. The van der Waals surface area contributed by atoms with E-state index in [1.807, 2.05) is 38.1 Å². The first kappa shape index (κ1) is 15.1. The number of fused-ring (bicyclic) bond motifs is 1. The topological polar surface area (TPSA) is 47.2 Å². The van der Waals surface area contributed by atoms with Crippen LogP contribution in [0.25, 0.3) is 10.2 Å². The van der Waals surface area contributed by atoms with Crippen molar-refractivity contribution in [1.82, 2.24) is 9.66 Å². The lowest BCUT2D eigenvalue weighted by atomic mass is 10.2. The van der Waals surface area contributed by atoms with Crippen molar-refractivity contribution in [3.05, 3.63) is 60.9 Å². The van der Waals surface area contributed by atoms with Crippen LogP contribution in [0, 0.1) is 20.8 Å². The molecule has 0 amide bonds. The molecular weight excluding hydrogens is 362 g/mol. The molecule has 22 heavy (non-hydrogen) atoms. The van der Waals surface area contributed by atoms with Crippen molar-refractivity contribution in [2.24, 2.45) is 5.10 Å². The molecule has 1 aromatic carbocycles. The summed E-state index contributed by atoms with van der Waals surface area (Å²) in [7, 11) is 0. The quantitative estimate of drug-likeness (QED) is 0.634. The maximum atomic E-state index is 12.7. The Kier molecular flexibility index (Phi) is 3.97. The predicted octanol–water partition coefficient (Wildman–Crippen LogP) is 4.03. The molecule has 0 aliphatic rings. The van der Waals surface area contributed by atoms with Gasteiger partial charge >= 0.3 is 0 Å². The molecule has 6 heteroatoms. The van der Waals surface area contributed by atoms with Crippen molar-refractivity contribution in [3.8, 4) is 0 Å². The standard InChI is InChI=1S/C16H14BrN3OS/c1-9-10(2)22-15-14(9)16(21)20(11(3)19-15)18-8-12-5-4-6-13(17)7-12/h4-8H,1-3H3/b18-8+. The molecule has 2 aromatic heterocycles. The Hall–Kier alpha value is -1.79. The highest BCUT2D eigenvalue weighted by atomic mass is 79.9. The third-order valence-corrected chi connectivity index (χ3v) is 5.11. The zero-order valence-electron chi connectivity index (χ0n) is 12.4. The van der Waals surface area contributed by atoms with Crippen LogP contribution in [0.1, 0.15) is 21.8 Å². The van der Waals surface area contributed by atoms with Crippen LogP contribution < -0.4 is 5.56 Å². The van der Waals surface area contributed by atoms with Crippen LogP contribution in [-0.2, 0) is 0 Å². The molecule has 0 bridgehead atoms. The Balaban J connectivity index is 2.15. The van der Waals surface area contributed by atoms with Crippen molar-refractivity contribution in [1.29, 1.82) is 0 Å². The van der Waals surface area contributed by atoms with E-state index >= 15 is 0 Å². The van der Waals surface area contributed by atoms with Crippen molar-refractivity contribution in [2.45, 2.75) is 20.8 Å². The van der Waals surface area contributed by atoms with E-state index in [1.165, 1.54) is 4.68 Å². The second kappa shape index (κ2) is 5.78. The molecule has 0 aliphatic heterocycles. The fraction of sp³-hybridized carbons (Fsp3) is 0.188. The molecule has 0 unspecified atom stereocenters. The van der Waals surface area contributed by atoms with Crippen molar-refractivity contribution in [2.75, 3.05) is 0 Å². The van der Waals surface area contributed by atoms with E-state index < -0.39 is 0 Å². The van der Waals surface area contributed by atoms with Gasteiger partial charge < -0.3 is 0 Å². The van der Waals surface area contributed by atoms with Gasteiger partial charge in [-0.2, -0.15) is 9.78 Å². The Morgan fingerprint density at radius 1 is 1.32 bits per heavy atom. The van der Waals surface area contributed by atoms with Gasteiger partial charge in [0.15, 0.2) is 0 Å². The lowest BCUT2D eigenvalue weighted by Crippen LogP contribution is -2.20. The third-order valence-electron chi connectivity index (χ3n) is 3.51. The second-order valence-electron chi connectivity index (χ2n) is 5.04. The molecule has 112 valence electrons. The fourth-order valence-corrected chi connectivity index (χ4v) is 3.72. The number of rotatable bonds is 2.